The zero-order valence-corrected chi connectivity index (χ0v) is 13.5. The van der Waals surface area contributed by atoms with Crippen LogP contribution in [0, 0.1) is 13.8 Å². The molecule has 2 aromatic heterocycles. The van der Waals surface area contributed by atoms with E-state index in [0.717, 1.165) is 23.1 Å². The normalized spacial score (nSPS) is 15.2. The number of halogens is 2. The van der Waals surface area contributed by atoms with Gasteiger partial charge < -0.3 is 9.80 Å². The molecule has 0 spiro atoms. The first-order chi connectivity index (χ1) is 11.5. The van der Waals surface area contributed by atoms with E-state index < -0.39 is 6.43 Å². The molecular formula is C15H18F2N6O. The van der Waals surface area contributed by atoms with Gasteiger partial charge in [0, 0.05) is 37.4 Å². The van der Waals surface area contributed by atoms with Gasteiger partial charge in [-0.05, 0) is 19.9 Å². The lowest BCUT2D eigenvalue weighted by Crippen LogP contribution is -2.49. The molecule has 9 heteroatoms. The molecule has 1 amide bonds. The molecule has 3 rings (SSSR count). The van der Waals surface area contributed by atoms with Crippen molar-refractivity contribution in [2.24, 2.45) is 0 Å². The van der Waals surface area contributed by atoms with Crippen LogP contribution in [0.15, 0.2) is 12.4 Å². The molecule has 0 saturated carbocycles. The lowest BCUT2D eigenvalue weighted by Gasteiger charge is -2.35. The van der Waals surface area contributed by atoms with Gasteiger partial charge in [-0.25, -0.2) is 18.7 Å². The van der Waals surface area contributed by atoms with Gasteiger partial charge in [0.25, 0.3) is 12.3 Å². The Balaban J connectivity index is 1.66. The Morgan fingerprint density at radius 2 is 1.92 bits per heavy atom. The number of aromatic amines is 1. The third kappa shape index (κ3) is 3.06. The van der Waals surface area contributed by atoms with E-state index in [4.69, 9.17) is 0 Å². The maximum absolute atomic E-state index is 12.6. The maximum atomic E-state index is 12.6. The number of aryl methyl sites for hydroxylation is 1. The number of nitrogens with one attached hydrogen (secondary N) is 1. The second-order valence-electron chi connectivity index (χ2n) is 5.70. The van der Waals surface area contributed by atoms with Crippen molar-refractivity contribution in [2.45, 2.75) is 20.3 Å². The van der Waals surface area contributed by atoms with Gasteiger partial charge in [-0.3, -0.25) is 9.89 Å². The van der Waals surface area contributed by atoms with Crippen molar-refractivity contribution in [3.05, 3.63) is 35.0 Å². The van der Waals surface area contributed by atoms with Crippen LogP contribution in [0.3, 0.4) is 0 Å². The molecule has 24 heavy (non-hydrogen) atoms. The van der Waals surface area contributed by atoms with Gasteiger partial charge in [0.15, 0.2) is 5.69 Å². The van der Waals surface area contributed by atoms with E-state index in [-0.39, 0.29) is 17.3 Å². The smallest absolute Gasteiger partial charge is 0.279 e. The zero-order valence-electron chi connectivity index (χ0n) is 13.5. The summed E-state index contributed by atoms with van der Waals surface area (Å²) in [6, 6.07) is 1.11. The summed E-state index contributed by atoms with van der Waals surface area (Å²) in [7, 11) is 0. The van der Waals surface area contributed by atoms with Crippen molar-refractivity contribution in [1.29, 1.82) is 0 Å². The molecule has 1 aliphatic rings. The largest absolute Gasteiger partial charge is 0.353 e. The van der Waals surface area contributed by atoms with Gasteiger partial charge in [0.05, 0.1) is 0 Å². The summed E-state index contributed by atoms with van der Waals surface area (Å²) in [5.41, 5.74) is 1.62. The number of hydrogen-bond acceptors (Lipinski definition) is 5. The first-order valence-corrected chi connectivity index (χ1v) is 7.63. The van der Waals surface area contributed by atoms with Crippen molar-refractivity contribution in [3.63, 3.8) is 0 Å². The number of rotatable bonds is 3. The molecule has 1 fully saturated rings. The number of amides is 1. The highest BCUT2D eigenvalue weighted by Crippen LogP contribution is 2.21. The molecule has 1 aliphatic heterocycles. The Labute approximate surface area is 137 Å². The van der Waals surface area contributed by atoms with Crippen LogP contribution in [0.2, 0.25) is 0 Å². The van der Waals surface area contributed by atoms with E-state index in [1.165, 1.54) is 6.33 Å². The lowest BCUT2D eigenvalue weighted by atomic mass is 10.2. The fourth-order valence-electron chi connectivity index (χ4n) is 2.69. The summed E-state index contributed by atoms with van der Waals surface area (Å²) < 4.78 is 25.2. The average Bonchev–Trinajstić information content (AvgIpc) is 3.07. The number of alkyl halides is 2. The lowest BCUT2D eigenvalue weighted by molar-refractivity contribution is 0.0740. The summed E-state index contributed by atoms with van der Waals surface area (Å²) in [6.07, 6.45) is -1.13. The Kier molecular flexibility index (Phi) is 4.41. The Bertz CT molecular complexity index is 739. The van der Waals surface area contributed by atoms with E-state index in [1.54, 1.807) is 4.90 Å². The SMILES string of the molecule is Cc1ncnc(N2CCN(C(=O)c3cc(C(F)F)[nH]n3)CC2)c1C. The monoisotopic (exact) mass is 336 g/mol. The summed E-state index contributed by atoms with van der Waals surface area (Å²) in [5.74, 6) is 0.530. The maximum Gasteiger partial charge on any atom is 0.279 e. The number of anilines is 1. The van der Waals surface area contributed by atoms with Crippen molar-refractivity contribution in [1.82, 2.24) is 25.1 Å². The molecule has 128 valence electrons. The Morgan fingerprint density at radius 3 is 2.54 bits per heavy atom. The molecule has 0 aromatic carbocycles. The van der Waals surface area contributed by atoms with Crippen molar-refractivity contribution >= 4 is 11.7 Å². The fraction of sp³-hybridized carbons (Fsp3) is 0.467. The summed E-state index contributed by atoms with van der Waals surface area (Å²) >= 11 is 0. The standard InChI is InChI=1S/C15H18F2N6O/c1-9-10(2)18-8-19-14(9)22-3-5-23(6-4-22)15(24)12-7-11(13(16)17)20-21-12/h7-8,13H,3-6H2,1-2H3,(H,20,21). The van der Waals surface area contributed by atoms with E-state index >= 15 is 0 Å². The first-order valence-electron chi connectivity index (χ1n) is 7.63. The number of carbonyl (C=O) groups excluding carboxylic acids is 1. The van der Waals surface area contributed by atoms with Crippen molar-refractivity contribution in [2.75, 3.05) is 31.1 Å². The van der Waals surface area contributed by atoms with Crippen LogP contribution in [-0.4, -0.2) is 57.2 Å². The van der Waals surface area contributed by atoms with Gasteiger partial charge in [-0.2, -0.15) is 5.10 Å². The molecule has 0 unspecified atom stereocenters. The Hall–Kier alpha value is -2.58. The van der Waals surface area contributed by atoms with Crippen LogP contribution >= 0.6 is 0 Å². The highest BCUT2D eigenvalue weighted by atomic mass is 19.3. The van der Waals surface area contributed by atoms with Crippen molar-refractivity contribution in [3.8, 4) is 0 Å². The number of H-pyrrole nitrogens is 1. The third-order valence-electron chi connectivity index (χ3n) is 4.23. The molecule has 0 aliphatic carbocycles. The molecule has 0 radical (unpaired) electrons. The number of hydrogen-bond donors (Lipinski definition) is 1. The molecular weight excluding hydrogens is 318 g/mol. The highest BCUT2D eigenvalue weighted by Gasteiger charge is 2.26. The van der Waals surface area contributed by atoms with Crippen molar-refractivity contribution < 1.29 is 13.6 Å². The summed E-state index contributed by atoms with van der Waals surface area (Å²) in [6.45, 7) is 6.11. The van der Waals surface area contributed by atoms with Crippen LogP contribution in [0.5, 0.6) is 0 Å². The van der Waals surface area contributed by atoms with Gasteiger partial charge in [-0.15, -0.1) is 0 Å². The zero-order chi connectivity index (χ0) is 17.3. The fourth-order valence-corrected chi connectivity index (χ4v) is 2.69. The topological polar surface area (TPSA) is 78.0 Å². The summed E-state index contributed by atoms with van der Waals surface area (Å²) in [5, 5.41) is 5.88. The predicted octanol–water partition coefficient (Wildman–Crippen LogP) is 1.72. The molecule has 0 bridgehead atoms. The highest BCUT2D eigenvalue weighted by molar-refractivity contribution is 5.92. The van der Waals surface area contributed by atoms with Gasteiger partial charge in [0.1, 0.15) is 17.8 Å². The number of piperazine rings is 1. The molecule has 0 atom stereocenters. The van der Waals surface area contributed by atoms with Crippen LogP contribution in [0.25, 0.3) is 0 Å². The van der Waals surface area contributed by atoms with Crippen LogP contribution < -0.4 is 4.90 Å². The van der Waals surface area contributed by atoms with Crippen LogP contribution in [0.4, 0.5) is 14.6 Å². The molecule has 7 nitrogen and oxygen atoms in total. The molecule has 1 N–H and O–H groups in total. The van der Waals surface area contributed by atoms with Gasteiger partial charge in [0.2, 0.25) is 0 Å². The number of aromatic nitrogens is 4. The van der Waals surface area contributed by atoms with E-state index in [2.05, 4.69) is 25.1 Å². The second-order valence-corrected chi connectivity index (χ2v) is 5.70. The van der Waals surface area contributed by atoms with E-state index in [1.807, 2.05) is 13.8 Å². The molecule has 2 aromatic rings. The number of carbonyl (C=O) groups is 1. The van der Waals surface area contributed by atoms with E-state index in [0.29, 0.717) is 26.2 Å². The van der Waals surface area contributed by atoms with Gasteiger partial charge >= 0.3 is 0 Å². The third-order valence-corrected chi connectivity index (χ3v) is 4.23. The van der Waals surface area contributed by atoms with Crippen LogP contribution in [0.1, 0.15) is 33.9 Å². The van der Waals surface area contributed by atoms with E-state index in [9.17, 15) is 13.6 Å². The predicted molar refractivity (Wildman–Crippen MR) is 83.2 cm³/mol. The first kappa shape index (κ1) is 16.3. The van der Waals surface area contributed by atoms with Gasteiger partial charge in [-0.1, -0.05) is 0 Å². The minimum Gasteiger partial charge on any atom is -0.353 e. The molecule has 1 saturated heterocycles. The van der Waals surface area contributed by atoms with Crippen LogP contribution in [-0.2, 0) is 0 Å². The minimum atomic E-state index is -2.67. The quantitative estimate of drug-likeness (QED) is 0.923. The molecule has 3 heterocycles. The Morgan fingerprint density at radius 1 is 1.21 bits per heavy atom. The number of nitrogens with zero attached hydrogens (tertiary/aromatic N) is 5. The summed E-state index contributed by atoms with van der Waals surface area (Å²) in [4.78, 5) is 24.6. The second kappa shape index (κ2) is 6.50. The average molecular weight is 336 g/mol. The minimum absolute atomic E-state index is 0.0211.